The van der Waals surface area contributed by atoms with E-state index in [2.05, 4.69) is 23.9 Å². The van der Waals surface area contributed by atoms with Crippen molar-refractivity contribution in [2.45, 2.75) is 31.0 Å². The summed E-state index contributed by atoms with van der Waals surface area (Å²) in [5, 5.41) is 4.13. The molecule has 0 N–H and O–H groups in total. The average molecular weight is 281 g/mol. The molecule has 1 aromatic heterocycles. The van der Waals surface area contributed by atoms with Crippen LogP contribution in [0.2, 0.25) is 0 Å². The van der Waals surface area contributed by atoms with E-state index in [1.54, 1.807) is 4.68 Å². The molecule has 6 heteroatoms. The number of hydrogen-bond acceptors (Lipinski definition) is 3. The van der Waals surface area contributed by atoms with Gasteiger partial charge in [-0.2, -0.15) is 5.10 Å². The van der Waals surface area contributed by atoms with E-state index in [9.17, 15) is 8.60 Å². The van der Waals surface area contributed by atoms with Crippen molar-refractivity contribution in [1.82, 2.24) is 14.8 Å². The fourth-order valence-electron chi connectivity index (χ4n) is 1.69. The van der Waals surface area contributed by atoms with Gasteiger partial charge in [0.15, 0.2) is 0 Å². The lowest BCUT2D eigenvalue weighted by atomic mass is 10.2. The standard InChI is InChI=1S/C13H16FN3OS/c1-10(2)7-17-13(15-9-16-17)8-19(18)12-5-3-11(14)4-6-12/h3-6,9-10H,7-8H2,1-2H3. The summed E-state index contributed by atoms with van der Waals surface area (Å²) in [6, 6.07) is 5.70. The molecule has 0 aliphatic carbocycles. The summed E-state index contributed by atoms with van der Waals surface area (Å²) in [7, 11) is -1.24. The summed E-state index contributed by atoms with van der Waals surface area (Å²) in [6.45, 7) is 4.92. The summed E-state index contributed by atoms with van der Waals surface area (Å²) in [5.41, 5.74) is 0. The van der Waals surface area contributed by atoms with Crippen molar-refractivity contribution in [3.05, 3.63) is 42.2 Å². The second-order valence-corrected chi connectivity index (χ2v) is 6.15. The zero-order chi connectivity index (χ0) is 13.8. The highest BCUT2D eigenvalue weighted by molar-refractivity contribution is 7.84. The Bertz CT molecular complexity index is 566. The van der Waals surface area contributed by atoms with E-state index in [1.807, 2.05) is 0 Å². The summed E-state index contributed by atoms with van der Waals surface area (Å²) in [4.78, 5) is 4.73. The molecular formula is C13H16FN3OS. The van der Waals surface area contributed by atoms with Crippen molar-refractivity contribution < 1.29 is 8.60 Å². The molecule has 2 rings (SSSR count). The van der Waals surface area contributed by atoms with Crippen LogP contribution in [-0.4, -0.2) is 19.0 Å². The molecule has 1 aromatic carbocycles. The van der Waals surface area contributed by atoms with Gasteiger partial charge in [0.05, 0.1) is 16.6 Å². The summed E-state index contributed by atoms with van der Waals surface area (Å²) in [5.74, 6) is 1.10. The second kappa shape index (κ2) is 6.06. The Labute approximate surface area is 114 Å². The van der Waals surface area contributed by atoms with E-state index < -0.39 is 10.8 Å². The van der Waals surface area contributed by atoms with Gasteiger partial charge in [-0.3, -0.25) is 4.21 Å². The maximum absolute atomic E-state index is 12.8. The zero-order valence-corrected chi connectivity index (χ0v) is 11.7. The van der Waals surface area contributed by atoms with E-state index in [0.717, 1.165) is 6.54 Å². The molecule has 0 bridgehead atoms. The number of aromatic nitrogens is 3. The van der Waals surface area contributed by atoms with Gasteiger partial charge in [0.1, 0.15) is 18.0 Å². The highest BCUT2D eigenvalue weighted by atomic mass is 32.2. The lowest BCUT2D eigenvalue weighted by Crippen LogP contribution is -2.12. The third-order valence-electron chi connectivity index (χ3n) is 2.57. The van der Waals surface area contributed by atoms with Gasteiger partial charge in [-0.05, 0) is 30.2 Å². The molecule has 0 fully saturated rings. The normalized spacial score (nSPS) is 12.8. The molecule has 1 atom stereocenters. The fraction of sp³-hybridized carbons (Fsp3) is 0.385. The molecule has 0 aliphatic heterocycles. The first kappa shape index (κ1) is 13.9. The maximum Gasteiger partial charge on any atom is 0.139 e. The number of hydrogen-bond donors (Lipinski definition) is 0. The molecule has 102 valence electrons. The minimum atomic E-state index is -1.24. The van der Waals surface area contributed by atoms with Crippen molar-refractivity contribution in [2.75, 3.05) is 0 Å². The first-order chi connectivity index (χ1) is 9.06. The second-order valence-electron chi connectivity index (χ2n) is 4.70. The first-order valence-corrected chi connectivity index (χ1v) is 7.39. The molecule has 2 aromatic rings. The summed E-state index contributed by atoms with van der Waals surface area (Å²) in [6.07, 6.45) is 1.47. The highest BCUT2D eigenvalue weighted by Gasteiger charge is 2.11. The van der Waals surface area contributed by atoms with E-state index in [4.69, 9.17) is 0 Å². The van der Waals surface area contributed by atoms with Crippen LogP contribution in [0.15, 0.2) is 35.5 Å². The van der Waals surface area contributed by atoms with Crippen LogP contribution in [0.25, 0.3) is 0 Å². The Morgan fingerprint density at radius 2 is 2.00 bits per heavy atom. The van der Waals surface area contributed by atoms with E-state index >= 15 is 0 Å². The maximum atomic E-state index is 12.8. The van der Waals surface area contributed by atoms with Crippen LogP contribution in [-0.2, 0) is 23.1 Å². The smallest absolute Gasteiger partial charge is 0.139 e. The Morgan fingerprint density at radius 3 is 2.63 bits per heavy atom. The topological polar surface area (TPSA) is 47.8 Å². The lowest BCUT2D eigenvalue weighted by molar-refractivity contribution is 0.471. The lowest BCUT2D eigenvalue weighted by Gasteiger charge is -2.08. The van der Waals surface area contributed by atoms with Crippen LogP contribution in [0.4, 0.5) is 4.39 Å². The molecule has 0 aliphatic rings. The van der Waals surface area contributed by atoms with Crippen molar-refractivity contribution in [2.24, 2.45) is 5.92 Å². The fourth-order valence-corrected chi connectivity index (χ4v) is 2.75. The molecule has 1 heterocycles. The summed E-state index contributed by atoms with van der Waals surface area (Å²) < 4.78 is 26.7. The largest absolute Gasteiger partial charge is 0.254 e. The Balaban J connectivity index is 2.10. The molecule has 0 spiro atoms. The number of halogens is 1. The van der Waals surface area contributed by atoms with Gasteiger partial charge in [0.2, 0.25) is 0 Å². The van der Waals surface area contributed by atoms with Gasteiger partial charge in [0, 0.05) is 11.4 Å². The third-order valence-corrected chi connectivity index (χ3v) is 3.89. The van der Waals surface area contributed by atoms with Gasteiger partial charge in [-0.25, -0.2) is 14.1 Å². The van der Waals surface area contributed by atoms with Gasteiger partial charge >= 0.3 is 0 Å². The molecular weight excluding hydrogens is 265 g/mol. The third kappa shape index (κ3) is 3.70. The minimum Gasteiger partial charge on any atom is -0.254 e. The quantitative estimate of drug-likeness (QED) is 0.845. The molecule has 1 unspecified atom stereocenters. The number of nitrogens with zero attached hydrogens (tertiary/aromatic N) is 3. The zero-order valence-electron chi connectivity index (χ0n) is 10.9. The Hall–Kier alpha value is -1.56. The molecule has 4 nitrogen and oxygen atoms in total. The predicted octanol–water partition coefficient (Wildman–Crippen LogP) is 2.38. The first-order valence-electron chi connectivity index (χ1n) is 6.07. The highest BCUT2D eigenvalue weighted by Crippen LogP contribution is 2.12. The van der Waals surface area contributed by atoms with Gasteiger partial charge in [0.25, 0.3) is 0 Å². The SMILES string of the molecule is CC(C)Cn1ncnc1CS(=O)c1ccc(F)cc1. The van der Waals surface area contributed by atoms with E-state index in [0.29, 0.717) is 22.4 Å². The van der Waals surface area contributed by atoms with E-state index in [-0.39, 0.29) is 5.82 Å². The monoisotopic (exact) mass is 281 g/mol. The molecule has 0 amide bonds. The molecule has 0 saturated carbocycles. The van der Waals surface area contributed by atoms with Crippen molar-refractivity contribution in [1.29, 1.82) is 0 Å². The van der Waals surface area contributed by atoms with Crippen molar-refractivity contribution >= 4 is 10.8 Å². The summed E-state index contributed by atoms with van der Waals surface area (Å²) >= 11 is 0. The van der Waals surface area contributed by atoms with Crippen LogP contribution in [0.5, 0.6) is 0 Å². The van der Waals surface area contributed by atoms with Gasteiger partial charge < -0.3 is 0 Å². The molecule has 19 heavy (non-hydrogen) atoms. The Kier molecular flexibility index (Phi) is 4.42. The minimum absolute atomic E-state index is 0.290. The van der Waals surface area contributed by atoms with Gasteiger partial charge in [-0.15, -0.1) is 0 Å². The van der Waals surface area contributed by atoms with Crippen LogP contribution in [0.1, 0.15) is 19.7 Å². The van der Waals surface area contributed by atoms with Crippen molar-refractivity contribution in [3.63, 3.8) is 0 Å². The predicted molar refractivity (Wildman–Crippen MR) is 71.4 cm³/mol. The molecule has 0 radical (unpaired) electrons. The number of rotatable bonds is 5. The average Bonchev–Trinajstić information content (AvgIpc) is 2.76. The van der Waals surface area contributed by atoms with E-state index in [1.165, 1.54) is 30.6 Å². The number of benzene rings is 1. The van der Waals surface area contributed by atoms with Gasteiger partial charge in [-0.1, -0.05) is 13.8 Å². The molecule has 0 saturated heterocycles. The van der Waals surface area contributed by atoms with Crippen LogP contribution in [0, 0.1) is 11.7 Å². The Morgan fingerprint density at radius 1 is 1.32 bits per heavy atom. The van der Waals surface area contributed by atoms with Crippen LogP contribution in [0.3, 0.4) is 0 Å². The van der Waals surface area contributed by atoms with Crippen LogP contribution >= 0.6 is 0 Å². The van der Waals surface area contributed by atoms with Crippen molar-refractivity contribution in [3.8, 4) is 0 Å². The van der Waals surface area contributed by atoms with Crippen LogP contribution < -0.4 is 0 Å².